The fraction of sp³-hybridized carbons (Fsp3) is 0.211. The van der Waals surface area contributed by atoms with Crippen molar-refractivity contribution in [3.63, 3.8) is 0 Å². The molecule has 3 heterocycles. The summed E-state index contributed by atoms with van der Waals surface area (Å²) in [6.45, 7) is 4.75. The highest BCUT2D eigenvalue weighted by Crippen LogP contribution is 2.25. The summed E-state index contributed by atoms with van der Waals surface area (Å²) in [5.74, 6) is 2.31. The predicted molar refractivity (Wildman–Crippen MR) is 101 cm³/mol. The van der Waals surface area contributed by atoms with Crippen LogP contribution >= 0.6 is 0 Å². The number of nitrogens with zero attached hydrogens (tertiary/aromatic N) is 6. The number of nitrogens with one attached hydrogen (secondary N) is 1. The highest BCUT2D eigenvalue weighted by atomic mass is 15.3. The van der Waals surface area contributed by atoms with Gasteiger partial charge in [0.25, 0.3) is 0 Å². The molecule has 1 N–H and O–H groups in total. The summed E-state index contributed by atoms with van der Waals surface area (Å²) < 4.78 is 2.04. The minimum Gasteiger partial charge on any atom is -0.362 e. The Kier molecular flexibility index (Phi) is 4.27. The number of pyridine rings is 1. The third kappa shape index (κ3) is 3.11. The molecule has 0 aliphatic heterocycles. The van der Waals surface area contributed by atoms with Gasteiger partial charge in [0.2, 0.25) is 0 Å². The summed E-state index contributed by atoms with van der Waals surface area (Å²) in [6, 6.07) is 12.1. The Labute approximate surface area is 151 Å². The van der Waals surface area contributed by atoms with Crippen LogP contribution in [0.2, 0.25) is 0 Å². The highest BCUT2D eigenvalue weighted by Gasteiger charge is 2.11. The number of para-hydroxylation sites is 1. The second kappa shape index (κ2) is 6.87. The van der Waals surface area contributed by atoms with Crippen molar-refractivity contribution in [3.05, 3.63) is 60.9 Å². The van der Waals surface area contributed by atoms with E-state index in [0.717, 1.165) is 28.1 Å². The maximum absolute atomic E-state index is 4.74. The molecule has 4 aromatic rings. The van der Waals surface area contributed by atoms with Crippen LogP contribution in [0.3, 0.4) is 0 Å². The van der Waals surface area contributed by atoms with Crippen molar-refractivity contribution in [2.45, 2.75) is 26.4 Å². The van der Waals surface area contributed by atoms with Crippen molar-refractivity contribution >= 4 is 16.7 Å². The summed E-state index contributed by atoms with van der Waals surface area (Å²) in [5, 5.41) is 12.6. The number of hydrogen-bond donors (Lipinski definition) is 1. The van der Waals surface area contributed by atoms with E-state index < -0.39 is 0 Å². The number of rotatable bonds is 5. The summed E-state index contributed by atoms with van der Waals surface area (Å²) in [4.78, 5) is 13.5. The highest BCUT2D eigenvalue weighted by molar-refractivity contribution is 5.90. The lowest BCUT2D eigenvalue weighted by Crippen LogP contribution is -2.11. The lowest BCUT2D eigenvalue weighted by molar-refractivity contribution is 0.572. The van der Waals surface area contributed by atoms with Crippen LogP contribution in [0.25, 0.3) is 22.3 Å². The van der Waals surface area contributed by atoms with Gasteiger partial charge < -0.3 is 9.88 Å². The Hall–Kier alpha value is -3.35. The number of anilines is 1. The van der Waals surface area contributed by atoms with E-state index in [2.05, 4.69) is 39.3 Å². The van der Waals surface area contributed by atoms with Gasteiger partial charge in [0.15, 0.2) is 11.6 Å². The van der Waals surface area contributed by atoms with Crippen molar-refractivity contribution in [1.82, 2.24) is 29.7 Å². The van der Waals surface area contributed by atoms with Gasteiger partial charge in [0.05, 0.1) is 12.1 Å². The van der Waals surface area contributed by atoms with E-state index in [1.807, 2.05) is 41.0 Å². The standard InChI is InChI=1S/C19H19N7/c1-13(2)26-12-22-25-17(26)11-21-19-15-5-3-4-6-16(15)23-18(24-19)14-7-9-20-10-8-14/h3-10,12-13H,11H2,1-2H3,(H,21,23,24). The van der Waals surface area contributed by atoms with E-state index in [-0.39, 0.29) is 0 Å². The predicted octanol–water partition coefficient (Wildman–Crippen LogP) is 3.48. The number of aromatic nitrogens is 6. The molecular formula is C19H19N7. The van der Waals surface area contributed by atoms with Gasteiger partial charge in [0, 0.05) is 29.4 Å². The molecule has 7 nitrogen and oxygen atoms in total. The fourth-order valence-electron chi connectivity index (χ4n) is 2.83. The van der Waals surface area contributed by atoms with Crippen molar-refractivity contribution in [1.29, 1.82) is 0 Å². The average molecular weight is 345 g/mol. The van der Waals surface area contributed by atoms with E-state index in [1.165, 1.54) is 0 Å². The van der Waals surface area contributed by atoms with E-state index in [1.54, 1.807) is 18.7 Å². The van der Waals surface area contributed by atoms with Gasteiger partial charge >= 0.3 is 0 Å². The van der Waals surface area contributed by atoms with Crippen molar-refractivity contribution in [2.24, 2.45) is 0 Å². The lowest BCUT2D eigenvalue weighted by Gasteiger charge is -2.13. The second-order valence-corrected chi connectivity index (χ2v) is 6.25. The summed E-state index contributed by atoms with van der Waals surface area (Å²) >= 11 is 0. The van der Waals surface area contributed by atoms with Gasteiger partial charge in [-0.2, -0.15) is 0 Å². The van der Waals surface area contributed by atoms with Gasteiger partial charge in [-0.1, -0.05) is 12.1 Å². The molecule has 0 fully saturated rings. The number of hydrogen-bond acceptors (Lipinski definition) is 6. The lowest BCUT2D eigenvalue weighted by atomic mass is 10.2. The SMILES string of the molecule is CC(C)n1cnnc1CNc1nc(-c2ccncc2)nc2ccccc12. The molecule has 0 radical (unpaired) electrons. The van der Waals surface area contributed by atoms with E-state index >= 15 is 0 Å². The first kappa shape index (κ1) is 16.1. The first-order valence-corrected chi connectivity index (χ1v) is 8.52. The molecule has 0 spiro atoms. The van der Waals surface area contributed by atoms with E-state index in [9.17, 15) is 0 Å². The Balaban J connectivity index is 1.72. The summed E-state index contributed by atoms with van der Waals surface area (Å²) in [6.07, 6.45) is 5.24. The molecule has 0 saturated carbocycles. The van der Waals surface area contributed by atoms with Crippen molar-refractivity contribution in [2.75, 3.05) is 5.32 Å². The molecule has 0 amide bonds. The number of benzene rings is 1. The molecule has 0 aliphatic carbocycles. The average Bonchev–Trinajstić information content (AvgIpc) is 3.15. The normalized spacial score (nSPS) is 11.2. The Morgan fingerprint density at radius 2 is 1.85 bits per heavy atom. The molecule has 0 aliphatic rings. The monoisotopic (exact) mass is 345 g/mol. The van der Waals surface area contributed by atoms with Gasteiger partial charge in [-0.05, 0) is 38.1 Å². The van der Waals surface area contributed by atoms with Crippen LogP contribution in [0, 0.1) is 0 Å². The van der Waals surface area contributed by atoms with Gasteiger partial charge in [-0.25, -0.2) is 9.97 Å². The zero-order valence-electron chi connectivity index (χ0n) is 14.7. The van der Waals surface area contributed by atoms with Crippen LogP contribution in [-0.2, 0) is 6.54 Å². The smallest absolute Gasteiger partial charge is 0.162 e. The first-order valence-electron chi connectivity index (χ1n) is 8.52. The Morgan fingerprint density at radius 1 is 1.04 bits per heavy atom. The molecule has 7 heteroatoms. The molecule has 1 aromatic carbocycles. The third-order valence-electron chi connectivity index (χ3n) is 4.16. The van der Waals surface area contributed by atoms with Crippen LogP contribution in [0.1, 0.15) is 25.7 Å². The number of fused-ring (bicyclic) bond motifs is 1. The fourth-order valence-corrected chi connectivity index (χ4v) is 2.83. The molecule has 0 saturated heterocycles. The second-order valence-electron chi connectivity index (χ2n) is 6.25. The maximum atomic E-state index is 4.74. The zero-order valence-corrected chi connectivity index (χ0v) is 14.7. The molecular weight excluding hydrogens is 326 g/mol. The van der Waals surface area contributed by atoms with Crippen molar-refractivity contribution < 1.29 is 0 Å². The summed E-state index contributed by atoms with van der Waals surface area (Å²) in [7, 11) is 0. The van der Waals surface area contributed by atoms with Gasteiger partial charge in [-0.3, -0.25) is 4.98 Å². The molecule has 0 bridgehead atoms. The van der Waals surface area contributed by atoms with Crippen LogP contribution < -0.4 is 5.32 Å². The van der Waals surface area contributed by atoms with Gasteiger partial charge in [0.1, 0.15) is 12.1 Å². The minimum atomic E-state index is 0.302. The van der Waals surface area contributed by atoms with Crippen LogP contribution in [0.5, 0.6) is 0 Å². The van der Waals surface area contributed by atoms with E-state index in [0.29, 0.717) is 18.4 Å². The molecule has 0 unspecified atom stereocenters. The topological polar surface area (TPSA) is 81.4 Å². The molecule has 130 valence electrons. The third-order valence-corrected chi connectivity index (χ3v) is 4.16. The molecule has 26 heavy (non-hydrogen) atoms. The van der Waals surface area contributed by atoms with Crippen LogP contribution in [0.15, 0.2) is 55.1 Å². The maximum Gasteiger partial charge on any atom is 0.162 e. The molecule has 4 rings (SSSR count). The largest absolute Gasteiger partial charge is 0.362 e. The Morgan fingerprint density at radius 3 is 2.65 bits per heavy atom. The quantitative estimate of drug-likeness (QED) is 0.596. The molecule has 3 aromatic heterocycles. The van der Waals surface area contributed by atoms with Gasteiger partial charge in [-0.15, -0.1) is 10.2 Å². The summed E-state index contributed by atoms with van der Waals surface area (Å²) in [5.41, 5.74) is 1.82. The first-order chi connectivity index (χ1) is 12.7. The minimum absolute atomic E-state index is 0.302. The van der Waals surface area contributed by atoms with E-state index in [4.69, 9.17) is 4.98 Å². The molecule has 0 atom stereocenters. The van der Waals surface area contributed by atoms with Crippen molar-refractivity contribution in [3.8, 4) is 11.4 Å². The zero-order chi connectivity index (χ0) is 17.9. The Bertz CT molecular complexity index is 1020. The van der Waals surface area contributed by atoms with Crippen LogP contribution in [0.4, 0.5) is 5.82 Å². The van der Waals surface area contributed by atoms with Crippen LogP contribution in [-0.4, -0.2) is 29.7 Å².